The Morgan fingerprint density at radius 3 is 2.72 bits per heavy atom. The van der Waals surface area contributed by atoms with E-state index in [-0.39, 0.29) is 0 Å². The molecule has 0 aliphatic rings. The van der Waals surface area contributed by atoms with Crippen molar-refractivity contribution in [3.05, 3.63) is 48.0 Å². The lowest BCUT2D eigenvalue weighted by atomic mass is 10.2. The monoisotopic (exact) mass is 235 g/mol. The van der Waals surface area contributed by atoms with Gasteiger partial charge in [-0.05, 0) is 36.8 Å². The Bertz CT molecular complexity index is 896. The molecule has 0 aliphatic carbocycles. The quantitative estimate of drug-likeness (QED) is 0.442. The number of benzene rings is 2. The van der Waals surface area contributed by atoms with Gasteiger partial charge in [0.2, 0.25) is 0 Å². The standard InChI is InChI=1S/C16H13NO/c1-10-7-8-11-13(9-10)17(2)15-12-5-3-4-6-14(12)18-16(11)15/h3-9H,1-2H3. The highest BCUT2D eigenvalue weighted by molar-refractivity contribution is 6.15. The summed E-state index contributed by atoms with van der Waals surface area (Å²) in [5.41, 5.74) is 5.64. The van der Waals surface area contributed by atoms with Gasteiger partial charge in [-0.15, -0.1) is 0 Å². The van der Waals surface area contributed by atoms with Crippen LogP contribution in [-0.2, 0) is 7.05 Å². The lowest BCUT2D eigenvalue weighted by Gasteiger charge is -1.99. The maximum atomic E-state index is 6.01. The molecule has 0 saturated carbocycles. The van der Waals surface area contributed by atoms with Crippen molar-refractivity contribution < 1.29 is 4.42 Å². The summed E-state index contributed by atoms with van der Waals surface area (Å²) in [6.07, 6.45) is 0. The third kappa shape index (κ3) is 1.07. The molecule has 0 atom stereocenters. The van der Waals surface area contributed by atoms with Crippen LogP contribution in [-0.4, -0.2) is 4.57 Å². The first-order chi connectivity index (χ1) is 8.75. The van der Waals surface area contributed by atoms with Crippen molar-refractivity contribution in [2.75, 3.05) is 0 Å². The molecule has 0 spiro atoms. The van der Waals surface area contributed by atoms with E-state index in [4.69, 9.17) is 4.42 Å². The lowest BCUT2D eigenvalue weighted by Crippen LogP contribution is -1.86. The van der Waals surface area contributed by atoms with Crippen LogP contribution in [0.1, 0.15) is 5.56 Å². The summed E-state index contributed by atoms with van der Waals surface area (Å²) in [4.78, 5) is 0. The second-order valence-electron chi connectivity index (χ2n) is 4.86. The molecule has 2 heterocycles. The number of para-hydroxylation sites is 1. The molecular weight excluding hydrogens is 222 g/mol. The van der Waals surface area contributed by atoms with Gasteiger partial charge in [0, 0.05) is 17.8 Å². The highest BCUT2D eigenvalue weighted by Gasteiger charge is 2.15. The van der Waals surface area contributed by atoms with E-state index < -0.39 is 0 Å². The van der Waals surface area contributed by atoms with Crippen molar-refractivity contribution in [3.63, 3.8) is 0 Å². The Morgan fingerprint density at radius 1 is 1.00 bits per heavy atom. The summed E-state index contributed by atoms with van der Waals surface area (Å²) in [6.45, 7) is 2.12. The van der Waals surface area contributed by atoms with Crippen LogP contribution in [0, 0.1) is 6.92 Å². The first kappa shape index (κ1) is 9.77. The maximum Gasteiger partial charge on any atom is 0.161 e. The highest BCUT2D eigenvalue weighted by atomic mass is 16.3. The van der Waals surface area contributed by atoms with Crippen molar-refractivity contribution in [1.82, 2.24) is 4.57 Å². The van der Waals surface area contributed by atoms with Crippen LogP contribution in [0.2, 0.25) is 0 Å². The minimum atomic E-state index is 0.959. The second kappa shape index (κ2) is 3.16. The Hall–Kier alpha value is -2.22. The largest absolute Gasteiger partial charge is 0.454 e. The van der Waals surface area contributed by atoms with Gasteiger partial charge in [-0.2, -0.15) is 0 Å². The highest BCUT2D eigenvalue weighted by Crippen LogP contribution is 2.35. The fourth-order valence-electron chi connectivity index (χ4n) is 2.78. The number of fused-ring (bicyclic) bond motifs is 5. The molecule has 0 radical (unpaired) electrons. The van der Waals surface area contributed by atoms with Crippen molar-refractivity contribution >= 4 is 33.0 Å². The van der Waals surface area contributed by atoms with Gasteiger partial charge in [-0.25, -0.2) is 0 Å². The molecule has 4 aromatic rings. The number of nitrogens with zero attached hydrogens (tertiary/aromatic N) is 1. The fraction of sp³-hybridized carbons (Fsp3) is 0.125. The summed E-state index contributed by atoms with van der Waals surface area (Å²) in [5.74, 6) is 0. The summed E-state index contributed by atoms with van der Waals surface area (Å²) in [5, 5.41) is 2.37. The van der Waals surface area contributed by atoms with Crippen LogP contribution >= 0.6 is 0 Å². The van der Waals surface area contributed by atoms with E-state index in [1.807, 2.05) is 12.1 Å². The van der Waals surface area contributed by atoms with E-state index in [0.29, 0.717) is 0 Å². The van der Waals surface area contributed by atoms with E-state index in [0.717, 1.165) is 11.2 Å². The van der Waals surface area contributed by atoms with E-state index in [9.17, 15) is 0 Å². The van der Waals surface area contributed by atoms with E-state index in [1.165, 1.54) is 27.4 Å². The number of hydrogen-bond donors (Lipinski definition) is 0. The molecule has 2 aromatic heterocycles. The average molecular weight is 235 g/mol. The molecule has 2 aromatic carbocycles. The van der Waals surface area contributed by atoms with Crippen molar-refractivity contribution in [1.29, 1.82) is 0 Å². The van der Waals surface area contributed by atoms with E-state index in [1.54, 1.807) is 0 Å². The molecule has 0 saturated heterocycles. The summed E-state index contributed by atoms with van der Waals surface area (Å²) >= 11 is 0. The zero-order valence-corrected chi connectivity index (χ0v) is 10.4. The second-order valence-corrected chi connectivity index (χ2v) is 4.86. The minimum absolute atomic E-state index is 0.959. The van der Waals surface area contributed by atoms with Crippen LogP contribution in [0.15, 0.2) is 46.9 Å². The van der Waals surface area contributed by atoms with Gasteiger partial charge < -0.3 is 8.98 Å². The van der Waals surface area contributed by atoms with Crippen LogP contribution in [0.4, 0.5) is 0 Å². The number of aryl methyl sites for hydroxylation is 2. The molecule has 18 heavy (non-hydrogen) atoms. The molecule has 2 heteroatoms. The number of rotatable bonds is 0. The molecule has 0 amide bonds. The molecule has 0 bridgehead atoms. The molecule has 88 valence electrons. The van der Waals surface area contributed by atoms with Crippen LogP contribution in [0.3, 0.4) is 0 Å². The summed E-state index contributed by atoms with van der Waals surface area (Å²) in [6, 6.07) is 14.7. The molecule has 2 nitrogen and oxygen atoms in total. The summed E-state index contributed by atoms with van der Waals surface area (Å²) < 4.78 is 8.23. The van der Waals surface area contributed by atoms with Crippen molar-refractivity contribution in [2.45, 2.75) is 6.92 Å². The maximum absolute atomic E-state index is 6.01. The summed E-state index contributed by atoms with van der Waals surface area (Å²) in [7, 11) is 2.10. The van der Waals surface area contributed by atoms with Gasteiger partial charge in [-0.1, -0.05) is 18.2 Å². The zero-order chi connectivity index (χ0) is 12.3. The molecule has 0 fully saturated rings. The Labute approximate surface area is 104 Å². The van der Waals surface area contributed by atoms with Crippen molar-refractivity contribution in [3.8, 4) is 0 Å². The zero-order valence-electron chi connectivity index (χ0n) is 10.4. The Kier molecular flexibility index (Phi) is 1.72. The van der Waals surface area contributed by atoms with Crippen LogP contribution < -0.4 is 0 Å². The predicted octanol–water partition coefficient (Wildman–Crippen LogP) is 4.39. The normalized spacial score (nSPS) is 11.9. The molecule has 0 unspecified atom stereocenters. The molecule has 0 N–H and O–H groups in total. The van der Waals surface area contributed by atoms with Gasteiger partial charge >= 0.3 is 0 Å². The van der Waals surface area contributed by atoms with Gasteiger partial charge in [0.25, 0.3) is 0 Å². The van der Waals surface area contributed by atoms with Gasteiger partial charge in [0.15, 0.2) is 5.58 Å². The molecule has 4 rings (SSSR count). The lowest BCUT2D eigenvalue weighted by molar-refractivity contribution is 0.672. The third-order valence-electron chi connectivity index (χ3n) is 3.66. The van der Waals surface area contributed by atoms with Gasteiger partial charge in [0.1, 0.15) is 5.58 Å². The van der Waals surface area contributed by atoms with Crippen LogP contribution in [0.25, 0.3) is 33.0 Å². The first-order valence-corrected chi connectivity index (χ1v) is 6.12. The van der Waals surface area contributed by atoms with E-state index in [2.05, 4.69) is 48.9 Å². The Morgan fingerprint density at radius 2 is 1.83 bits per heavy atom. The number of aromatic nitrogens is 1. The Balaban J connectivity index is 2.34. The van der Waals surface area contributed by atoms with Crippen molar-refractivity contribution in [2.24, 2.45) is 7.05 Å². The van der Waals surface area contributed by atoms with Gasteiger partial charge in [0.05, 0.1) is 11.0 Å². The predicted molar refractivity (Wildman–Crippen MR) is 74.9 cm³/mol. The van der Waals surface area contributed by atoms with E-state index >= 15 is 0 Å². The molecular formula is C16H13NO. The minimum Gasteiger partial charge on any atom is -0.454 e. The van der Waals surface area contributed by atoms with Crippen LogP contribution in [0.5, 0.6) is 0 Å². The molecule has 0 aliphatic heterocycles. The number of hydrogen-bond acceptors (Lipinski definition) is 1. The smallest absolute Gasteiger partial charge is 0.161 e. The third-order valence-corrected chi connectivity index (χ3v) is 3.66. The number of furan rings is 1. The first-order valence-electron chi connectivity index (χ1n) is 6.12. The average Bonchev–Trinajstić information content (AvgIpc) is 2.87. The van der Waals surface area contributed by atoms with Gasteiger partial charge in [-0.3, -0.25) is 0 Å². The SMILES string of the molecule is Cc1ccc2c3oc4ccccc4c3n(C)c2c1. The topological polar surface area (TPSA) is 18.1 Å². The fourth-order valence-corrected chi connectivity index (χ4v) is 2.78.